The van der Waals surface area contributed by atoms with Crippen LogP contribution in [0.3, 0.4) is 0 Å². The molecule has 0 aromatic carbocycles. The van der Waals surface area contributed by atoms with Crippen LogP contribution < -0.4 is 5.73 Å². The van der Waals surface area contributed by atoms with Gasteiger partial charge >= 0.3 is 0 Å². The second-order valence-corrected chi connectivity index (χ2v) is 5.82. The summed E-state index contributed by atoms with van der Waals surface area (Å²) in [4.78, 5) is 0.809. The van der Waals surface area contributed by atoms with E-state index in [2.05, 4.69) is 0 Å². The molecule has 6 heteroatoms. The Hall–Kier alpha value is -0.100. The van der Waals surface area contributed by atoms with Crippen LogP contribution in [0.2, 0.25) is 0 Å². The van der Waals surface area contributed by atoms with Crippen LogP contribution in [0.1, 0.15) is 4.88 Å². The topological polar surface area (TPSA) is 60.2 Å². The van der Waals surface area contributed by atoms with E-state index in [0.29, 0.717) is 6.54 Å². The number of thiophene rings is 1. The average molecular weight is 212 g/mol. The van der Waals surface area contributed by atoms with Crippen LogP contribution in [0.15, 0.2) is 16.3 Å². The van der Waals surface area contributed by atoms with Gasteiger partial charge in [0.2, 0.25) is 0 Å². The quantitative estimate of drug-likeness (QED) is 0.747. The number of rotatable bonds is 2. The van der Waals surface area contributed by atoms with E-state index in [4.69, 9.17) is 16.4 Å². The molecule has 0 aliphatic heterocycles. The molecule has 0 aliphatic carbocycles. The van der Waals surface area contributed by atoms with Gasteiger partial charge in [-0.25, -0.2) is 8.42 Å². The molecule has 0 unspecified atom stereocenters. The van der Waals surface area contributed by atoms with Gasteiger partial charge in [0.25, 0.3) is 9.05 Å². The zero-order valence-electron chi connectivity index (χ0n) is 5.45. The Morgan fingerprint density at radius 1 is 1.55 bits per heavy atom. The molecule has 1 heterocycles. The largest absolute Gasteiger partial charge is 0.326 e. The fourth-order valence-electron chi connectivity index (χ4n) is 0.599. The Bertz CT molecular complexity index is 343. The highest BCUT2D eigenvalue weighted by atomic mass is 35.7. The van der Waals surface area contributed by atoms with Crippen molar-refractivity contribution in [3.63, 3.8) is 0 Å². The summed E-state index contributed by atoms with van der Waals surface area (Å²) < 4.78 is 21.5. The lowest BCUT2D eigenvalue weighted by Crippen LogP contribution is -1.91. The molecular formula is C5H6ClNO2S2. The van der Waals surface area contributed by atoms with Gasteiger partial charge in [-0.2, -0.15) is 0 Å². The van der Waals surface area contributed by atoms with E-state index in [1.807, 2.05) is 0 Å². The molecule has 11 heavy (non-hydrogen) atoms. The first-order valence-corrected chi connectivity index (χ1v) is 5.90. The maximum atomic E-state index is 10.7. The number of nitrogens with two attached hydrogens (primary N) is 1. The van der Waals surface area contributed by atoms with E-state index in [-0.39, 0.29) is 4.21 Å². The van der Waals surface area contributed by atoms with Gasteiger partial charge in [-0.3, -0.25) is 0 Å². The molecule has 2 N–H and O–H groups in total. The molecule has 0 saturated heterocycles. The number of hydrogen-bond acceptors (Lipinski definition) is 4. The highest BCUT2D eigenvalue weighted by Crippen LogP contribution is 2.23. The minimum absolute atomic E-state index is 0.152. The molecule has 1 rings (SSSR count). The minimum Gasteiger partial charge on any atom is -0.326 e. The molecule has 0 spiro atoms. The molecule has 1 aromatic rings. The van der Waals surface area contributed by atoms with Gasteiger partial charge in [-0.1, -0.05) is 0 Å². The molecule has 3 nitrogen and oxygen atoms in total. The van der Waals surface area contributed by atoms with E-state index < -0.39 is 9.05 Å². The van der Waals surface area contributed by atoms with Crippen molar-refractivity contribution >= 4 is 31.1 Å². The Morgan fingerprint density at radius 3 is 2.45 bits per heavy atom. The van der Waals surface area contributed by atoms with Gasteiger partial charge in [0.15, 0.2) is 0 Å². The smallest absolute Gasteiger partial charge is 0.270 e. The summed E-state index contributed by atoms with van der Waals surface area (Å²) in [6, 6.07) is 3.11. The van der Waals surface area contributed by atoms with Crippen LogP contribution >= 0.6 is 22.0 Å². The van der Waals surface area contributed by atoms with Gasteiger partial charge in [-0.15, -0.1) is 11.3 Å². The first kappa shape index (κ1) is 8.99. The van der Waals surface area contributed by atoms with Gasteiger partial charge in [0, 0.05) is 22.1 Å². The van der Waals surface area contributed by atoms with Crippen molar-refractivity contribution in [2.45, 2.75) is 10.8 Å². The van der Waals surface area contributed by atoms with Crippen LogP contribution in [0.25, 0.3) is 0 Å². The van der Waals surface area contributed by atoms with Crippen molar-refractivity contribution in [1.82, 2.24) is 0 Å². The van der Waals surface area contributed by atoms with Crippen LogP contribution in [-0.2, 0) is 15.6 Å². The summed E-state index contributed by atoms with van der Waals surface area (Å²) >= 11 is 1.09. The van der Waals surface area contributed by atoms with Crippen molar-refractivity contribution < 1.29 is 8.42 Å². The van der Waals surface area contributed by atoms with E-state index >= 15 is 0 Å². The van der Waals surface area contributed by atoms with Crippen molar-refractivity contribution in [3.8, 4) is 0 Å². The van der Waals surface area contributed by atoms with Crippen LogP contribution in [0.4, 0.5) is 0 Å². The Balaban J connectivity index is 3.09. The Kier molecular flexibility index (Phi) is 2.54. The molecule has 0 fully saturated rings. The number of hydrogen-bond donors (Lipinski definition) is 1. The fraction of sp³-hybridized carbons (Fsp3) is 0.200. The molecule has 0 saturated carbocycles. The standard InChI is InChI=1S/C5H6ClNO2S2/c6-11(8,9)5-2-1-4(3-7)10-5/h1-2H,3,7H2. The first-order valence-electron chi connectivity index (χ1n) is 2.77. The average Bonchev–Trinajstić information content (AvgIpc) is 2.32. The van der Waals surface area contributed by atoms with Crippen molar-refractivity contribution in [2.24, 2.45) is 5.73 Å². The second-order valence-electron chi connectivity index (χ2n) is 1.86. The zero-order valence-corrected chi connectivity index (χ0v) is 7.84. The van der Waals surface area contributed by atoms with E-state index in [0.717, 1.165) is 16.2 Å². The zero-order chi connectivity index (χ0) is 8.48. The molecule has 0 radical (unpaired) electrons. The third kappa shape index (κ3) is 2.16. The lowest BCUT2D eigenvalue weighted by atomic mass is 10.5. The van der Waals surface area contributed by atoms with E-state index in [1.54, 1.807) is 6.07 Å². The third-order valence-electron chi connectivity index (χ3n) is 1.08. The molecule has 62 valence electrons. The molecule has 0 amide bonds. The van der Waals surface area contributed by atoms with Crippen molar-refractivity contribution in [2.75, 3.05) is 0 Å². The van der Waals surface area contributed by atoms with Crippen LogP contribution in [0, 0.1) is 0 Å². The molecule has 1 aromatic heterocycles. The molecule has 0 aliphatic rings. The van der Waals surface area contributed by atoms with Crippen molar-refractivity contribution in [3.05, 3.63) is 17.0 Å². The van der Waals surface area contributed by atoms with Crippen molar-refractivity contribution in [1.29, 1.82) is 0 Å². The first-order chi connectivity index (χ1) is 5.04. The SMILES string of the molecule is NCc1ccc(S(=O)(=O)Cl)s1. The maximum Gasteiger partial charge on any atom is 0.270 e. The van der Waals surface area contributed by atoms with Crippen LogP contribution in [-0.4, -0.2) is 8.42 Å². The van der Waals surface area contributed by atoms with Gasteiger partial charge < -0.3 is 5.73 Å². The fourth-order valence-corrected chi connectivity index (χ4v) is 2.60. The summed E-state index contributed by atoms with van der Waals surface area (Å²) in [5.41, 5.74) is 5.28. The lowest BCUT2D eigenvalue weighted by molar-refractivity contribution is 0.611. The third-order valence-corrected chi connectivity index (χ3v) is 4.28. The van der Waals surface area contributed by atoms with E-state index in [1.165, 1.54) is 6.07 Å². The van der Waals surface area contributed by atoms with Gasteiger partial charge in [0.1, 0.15) is 4.21 Å². The highest BCUT2D eigenvalue weighted by molar-refractivity contribution is 8.15. The Labute approximate surface area is 73.2 Å². The number of halogens is 1. The van der Waals surface area contributed by atoms with E-state index in [9.17, 15) is 8.42 Å². The molecule has 0 atom stereocenters. The molecular weight excluding hydrogens is 206 g/mol. The molecule has 0 bridgehead atoms. The predicted molar refractivity (Wildman–Crippen MR) is 45.2 cm³/mol. The monoisotopic (exact) mass is 211 g/mol. The summed E-state index contributed by atoms with van der Waals surface area (Å²) in [7, 11) is 1.51. The predicted octanol–water partition coefficient (Wildman–Crippen LogP) is 1.13. The van der Waals surface area contributed by atoms with Crippen LogP contribution in [0.5, 0.6) is 0 Å². The summed E-state index contributed by atoms with van der Waals surface area (Å²) in [6.07, 6.45) is 0. The van der Waals surface area contributed by atoms with Gasteiger partial charge in [-0.05, 0) is 12.1 Å². The summed E-state index contributed by atoms with van der Waals surface area (Å²) in [6.45, 7) is 0.344. The second kappa shape index (κ2) is 3.10. The van der Waals surface area contributed by atoms with Gasteiger partial charge in [0.05, 0.1) is 0 Å². The lowest BCUT2D eigenvalue weighted by Gasteiger charge is -1.86. The minimum atomic E-state index is -3.56. The Morgan fingerprint density at radius 2 is 2.18 bits per heavy atom. The summed E-state index contributed by atoms with van der Waals surface area (Å²) in [5.74, 6) is 0. The maximum absolute atomic E-state index is 10.7. The highest BCUT2D eigenvalue weighted by Gasteiger charge is 2.11. The summed E-state index contributed by atoms with van der Waals surface area (Å²) in [5, 5.41) is 0. The normalized spacial score (nSPS) is 11.8.